The number of amides is 1. The first-order valence-electron chi connectivity index (χ1n) is 10.0. The average molecular weight is 444 g/mol. The lowest BCUT2D eigenvalue weighted by Crippen LogP contribution is -2.30. The van der Waals surface area contributed by atoms with Gasteiger partial charge < -0.3 is 15.0 Å². The number of sulfonamides is 1. The molecule has 3 aromatic rings. The predicted molar refractivity (Wildman–Crippen MR) is 120 cm³/mol. The van der Waals surface area contributed by atoms with Crippen LogP contribution >= 0.6 is 0 Å². The molecule has 3 rings (SSSR count). The normalized spacial score (nSPS) is 11.5. The monoisotopic (exact) mass is 443 g/mol. The summed E-state index contributed by atoms with van der Waals surface area (Å²) < 4.78 is 25.1. The van der Waals surface area contributed by atoms with Crippen molar-refractivity contribution in [3.8, 4) is 5.75 Å². The predicted octanol–water partition coefficient (Wildman–Crippen LogP) is 3.19. The molecule has 1 amide bonds. The molecule has 0 spiro atoms. The van der Waals surface area contributed by atoms with Crippen LogP contribution in [0.3, 0.4) is 0 Å². The maximum Gasteiger partial charge on any atom is 0.267 e. The number of carbonyl (C=O) groups excluding carboxylic acids is 1. The Hall–Kier alpha value is -3.17. The van der Waals surface area contributed by atoms with Gasteiger partial charge in [0.1, 0.15) is 16.2 Å². The van der Waals surface area contributed by atoms with Gasteiger partial charge in [0.2, 0.25) is 10.0 Å². The molecule has 0 unspecified atom stereocenters. The largest absolute Gasteiger partial charge is 0.506 e. The van der Waals surface area contributed by atoms with E-state index in [2.05, 4.69) is 12.2 Å². The number of benzene rings is 2. The zero-order valence-electron chi connectivity index (χ0n) is 17.2. The first kappa shape index (κ1) is 22.5. The molecule has 0 radical (unpaired) electrons. The molecule has 0 saturated heterocycles. The van der Waals surface area contributed by atoms with Gasteiger partial charge in [0, 0.05) is 11.9 Å². The summed E-state index contributed by atoms with van der Waals surface area (Å²) in [7, 11) is -4.10. The highest BCUT2D eigenvalue weighted by atomic mass is 32.2. The molecule has 0 aliphatic carbocycles. The highest BCUT2D eigenvalue weighted by Crippen LogP contribution is 2.28. The van der Waals surface area contributed by atoms with E-state index in [-0.39, 0.29) is 10.6 Å². The molecule has 8 nitrogen and oxygen atoms in total. The molecule has 0 aliphatic heterocycles. The van der Waals surface area contributed by atoms with Gasteiger partial charge in [-0.1, -0.05) is 50.5 Å². The highest BCUT2D eigenvalue weighted by molar-refractivity contribution is 7.89. The summed E-state index contributed by atoms with van der Waals surface area (Å²) in [6.45, 7) is 2.48. The van der Waals surface area contributed by atoms with Gasteiger partial charge in [0.15, 0.2) is 0 Å². The highest BCUT2D eigenvalue weighted by Gasteiger charge is 2.24. The Morgan fingerprint density at radius 3 is 2.45 bits per heavy atom. The van der Waals surface area contributed by atoms with E-state index in [1.54, 1.807) is 24.3 Å². The minimum absolute atomic E-state index is 0.0727. The molecule has 0 saturated carbocycles. The number of fused-ring (bicyclic) bond motifs is 1. The number of rotatable bonds is 8. The van der Waals surface area contributed by atoms with Crippen molar-refractivity contribution >= 4 is 32.5 Å². The number of hydrogen-bond donors (Lipinski definition) is 3. The summed E-state index contributed by atoms with van der Waals surface area (Å²) in [5, 5.41) is 18.7. The molecule has 0 atom stereocenters. The van der Waals surface area contributed by atoms with E-state index >= 15 is 0 Å². The molecule has 2 aromatic carbocycles. The Kier molecular flexibility index (Phi) is 6.77. The van der Waals surface area contributed by atoms with E-state index in [4.69, 9.17) is 5.14 Å². The first-order valence-corrected chi connectivity index (χ1v) is 11.6. The second-order valence-corrected chi connectivity index (χ2v) is 8.78. The van der Waals surface area contributed by atoms with Crippen LogP contribution in [0.1, 0.15) is 43.0 Å². The maximum absolute atomic E-state index is 13.2. The van der Waals surface area contributed by atoms with Crippen LogP contribution in [0.5, 0.6) is 5.75 Å². The van der Waals surface area contributed by atoms with Crippen molar-refractivity contribution in [1.82, 2.24) is 4.57 Å². The fraction of sp³-hybridized carbons (Fsp3) is 0.273. The Morgan fingerprint density at radius 2 is 1.74 bits per heavy atom. The van der Waals surface area contributed by atoms with E-state index in [0.29, 0.717) is 17.4 Å². The number of nitrogens with zero attached hydrogens (tertiary/aromatic N) is 1. The topological polar surface area (TPSA) is 131 Å². The number of aryl methyl sites for hydroxylation is 1. The van der Waals surface area contributed by atoms with Crippen LogP contribution in [0.25, 0.3) is 10.9 Å². The number of anilines is 1. The molecule has 9 heteroatoms. The zero-order valence-corrected chi connectivity index (χ0v) is 18.0. The van der Waals surface area contributed by atoms with E-state index in [9.17, 15) is 23.1 Å². The van der Waals surface area contributed by atoms with Crippen LogP contribution in [-0.2, 0) is 16.6 Å². The van der Waals surface area contributed by atoms with E-state index in [1.807, 2.05) is 0 Å². The van der Waals surface area contributed by atoms with Gasteiger partial charge in [-0.2, -0.15) is 0 Å². The minimum atomic E-state index is -4.10. The Balaban J connectivity index is 2.08. The smallest absolute Gasteiger partial charge is 0.267 e. The summed E-state index contributed by atoms with van der Waals surface area (Å²) in [6, 6.07) is 12.4. The van der Waals surface area contributed by atoms with Gasteiger partial charge in [0.05, 0.1) is 11.2 Å². The van der Waals surface area contributed by atoms with Crippen molar-refractivity contribution in [3.05, 3.63) is 64.4 Å². The fourth-order valence-electron chi connectivity index (χ4n) is 3.52. The second-order valence-electron chi connectivity index (χ2n) is 7.25. The number of para-hydroxylation sites is 2. The number of pyridine rings is 1. The number of aromatic hydroxyl groups is 1. The molecule has 31 heavy (non-hydrogen) atoms. The number of nitrogens with two attached hydrogens (primary N) is 1. The standard InChI is InChI=1S/C22H25N3O5S/c1-2-3-4-9-14-25-17-12-7-5-10-15(17)20(26)19(22(25)28)21(27)24-16-11-6-8-13-18(16)31(23,29)30/h5-8,10-13,26H,2-4,9,14H2,1H3,(H,24,27)(H2,23,29,30). The van der Waals surface area contributed by atoms with Crippen molar-refractivity contribution < 1.29 is 18.3 Å². The van der Waals surface area contributed by atoms with Crippen LogP contribution < -0.4 is 16.0 Å². The van der Waals surface area contributed by atoms with Gasteiger partial charge in [-0.15, -0.1) is 0 Å². The Labute approximate surface area is 180 Å². The summed E-state index contributed by atoms with van der Waals surface area (Å²) in [4.78, 5) is 25.9. The molecule has 0 fully saturated rings. The molecule has 1 aromatic heterocycles. The third kappa shape index (κ3) is 4.78. The van der Waals surface area contributed by atoms with Gasteiger partial charge >= 0.3 is 0 Å². The number of unbranched alkanes of at least 4 members (excludes halogenated alkanes) is 3. The number of aromatic nitrogens is 1. The van der Waals surface area contributed by atoms with Gasteiger partial charge in [-0.3, -0.25) is 9.59 Å². The number of primary sulfonamides is 1. The lowest BCUT2D eigenvalue weighted by Gasteiger charge is -2.15. The molecule has 1 heterocycles. The lowest BCUT2D eigenvalue weighted by molar-refractivity contribution is 0.102. The number of hydrogen-bond acceptors (Lipinski definition) is 5. The van der Waals surface area contributed by atoms with Crippen molar-refractivity contribution in [3.63, 3.8) is 0 Å². The molecule has 164 valence electrons. The van der Waals surface area contributed by atoms with E-state index in [1.165, 1.54) is 28.8 Å². The Morgan fingerprint density at radius 1 is 1.06 bits per heavy atom. The van der Waals surface area contributed by atoms with Crippen LogP contribution in [0.2, 0.25) is 0 Å². The van der Waals surface area contributed by atoms with Crippen LogP contribution in [0, 0.1) is 0 Å². The van der Waals surface area contributed by atoms with Gasteiger partial charge in [0.25, 0.3) is 11.5 Å². The van der Waals surface area contributed by atoms with E-state index in [0.717, 1.165) is 25.7 Å². The Bertz CT molecular complexity index is 1280. The minimum Gasteiger partial charge on any atom is -0.506 e. The average Bonchev–Trinajstić information content (AvgIpc) is 2.73. The van der Waals surface area contributed by atoms with Crippen molar-refractivity contribution in [2.24, 2.45) is 5.14 Å². The summed E-state index contributed by atoms with van der Waals surface area (Å²) in [6.07, 6.45) is 3.75. The third-order valence-electron chi connectivity index (χ3n) is 5.05. The second kappa shape index (κ2) is 9.32. The van der Waals surface area contributed by atoms with Crippen molar-refractivity contribution in [1.29, 1.82) is 0 Å². The molecular formula is C22H25N3O5S. The van der Waals surface area contributed by atoms with Crippen LogP contribution in [0.15, 0.2) is 58.2 Å². The zero-order chi connectivity index (χ0) is 22.6. The quantitative estimate of drug-likeness (QED) is 0.460. The van der Waals surface area contributed by atoms with E-state index < -0.39 is 32.8 Å². The van der Waals surface area contributed by atoms with Crippen molar-refractivity contribution in [2.75, 3.05) is 5.32 Å². The molecule has 4 N–H and O–H groups in total. The summed E-state index contributed by atoms with van der Waals surface area (Å²) in [5.41, 5.74) is -0.629. The number of carbonyl (C=O) groups is 1. The third-order valence-corrected chi connectivity index (χ3v) is 6.02. The molecule has 0 aliphatic rings. The van der Waals surface area contributed by atoms with Crippen LogP contribution in [0.4, 0.5) is 5.69 Å². The fourth-order valence-corrected chi connectivity index (χ4v) is 4.21. The van der Waals surface area contributed by atoms with Crippen molar-refractivity contribution in [2.45, 2.75) is 44.0 Å². The SMILES string of the molecule is CCCCCCn1c(=O)c(C(=O)Nc2ccccc2S(N)(=O)=O)c(O)c2ccccc21. The lowest BCUT2D eigenvalue weighted by atomic mass is 10.1. The number of nitrogens with one attached hydrogen (secondary N) is 1. The molecule has 0 bridgehead atoms. The summed E-state index contributed by atoms with van der Waals surface area (Å²) >= 11 is 0. The van der Waals surface area contributed by atoms with Gasteiger partial charge in [-0.25, -0.2) is 13.6 Å². The molecular weight excluding hydrogens is 418 g/mol. The van der Waals surface area contributed by atoms with Gasteiger partial charge in [-0.05, 0) is 30.7 Å². The maximum atomic E-state index is 13.2. The first-order chi connectivity index (χ1) is 14.8. The summed E-state index contributed by atoms with van der Waals surface area (Å²) in [5.74, 6) is -1.36. The van der Waals surface area contributed by atoms with Crippen LogP contribution in [-0.4, -0.2) is 24.0 Å².